The van der Waals surface area contributed by atoms with E-state index in [1.54, 1.807) is 23.7 Å². The lowest BCUT2D eigenvalue weighted by atomic mass is 10.1. The Labute approximate surface area is 156 Å². The highest BCUT2D eigenvalue weighted by molar-refractivity contribution is 7.09. The molecule has 1 aliphatic heterocycles. The first-order valence-electron chi connectivity index (χ1n) is 8.82. The number of aromatic nitrogens is 1. The summed E-state index contributed by atoms with van der Waals surface area (Å²) in [7, 11) is 0. The Morgan fingerprint density at radius 3 is 3.08 bits per heavy atom. The molecule has 1 N–H and O–H groups in total. The number of carbonyl (C=O) groups is 1. The monoisotopic (exact) mass is 367 g/mol. The van der Waals surface area contributed by atoms with E-state index in [9.17, 15) is 4.79 Å². The van der Waals surface area contributed by atoms with Gasteiger partial charge in [0, 0.05) is 41.2 Å². The summed E-state index contributed by atoms with van der Waals surface area (Å²) in [5.74, 6) is 0. The molecule has 134 valence electrons. The summed E-state index contributed by atoms with van der Waals surface area (Å²) in [5, 5.41) is 7.11. The second-order valence-corrected chi connectivity index (χ2v) is 7.46. The number of amides is 2. The number of thiophene rings is 1. The van der Waals surface area contributed by atoms with Gasteiger partial charge in [0.15, 0.2) is 0 Å². The van der Waals surface area contributed by atoms with Gasteiger partial charge >= 0.3 is 6.03 Å². The zero-order valence-corrected chi connectivity index (χ0v) is 15.2. The van der Waals surface area contributed by atoms with Gasteiger partial charge in [-0.3, -0.25) is 4.98 Å². The normalized spacial score (nSPS) is 16.7. The van der Waals surface area contributed by atoms with E-state index in [1.165, 1.54) is 4.88 Å². The molecule has 0 aliphatic carbocycles. The summed E-state index contributed by atoms with van der Waals surface area (Å²) in [4.78, 5) is 20.2. The van der Waals surface area contributed by atoms with E-state index < -0.39 is 0 Å². The van der Waals surface area contributed by atoms with Gasteiger partial charge in [-0.25, -0.2) is 4.79 Å². The fraction of sp³-hybridized carbons (Fsp3) is 0.300. The van der Waals surface area contributed by atoms with Crippen LogP contribution in [0.25, 0.3) is 10.8 Å². The fourth-order valence-electron chi connectivity index (χ4n) is 3.27. The molecule has 0 bridgehead atoms. The molecule has 3 aromatic rings. The summed E-state index contributed by atoms with van der Waals surface area (Å²) in [6.45, 7) is 1.99. The van der Waals surface area contributed by atoms with Crippen molar-refractivity contribution < 1.29 is 9.53 Å². The van der Waals surface area contributed by atoms with Gasteiger partial charge in [-0.1, -0.05) is 18.2 Å². The van der Waals surface area contributed by atoms with Gasteiger partial charge in [-0.2, -0.15) is 0 Å². The lowest BCUT2D eigenvalue weighted by Gasteiger charge is -2.25. The lowest BCUT2D eigenvalue weighted by molar-refractivity contribution is 0.0821. The molecule has 5 nitrogen and oxygen atoms in total. The predicted molar refractivity (Wildman–Crippen MR) is 104 cm³/mol. The summed E-state index contributed by atoms with van der Waals surface area (Å²) in [6, 6.07) is 11.8. The quantitative estimate of drug-likeness (QED) is 0.722. The largest absolute Gasteiger partial charge is 0.376 e. The molecule has 2 aromatic heterocycles. The highest BCUT2D eigenvalue weighted by Crippen LogP contribution is 2.24. The summed E-state index contributed by atoms with van der Waals surface area (Å²) >= 11 is 1.66. The number of rotatable bonds is 5. The number of anilines is 1. The minimum atomic E-state index is -0.0989. The van der Waals surface area contributed by atoms with Gasteiger partial charge in [0.1, 0.15) is 0 Å². The maximum Gasteiger partial charge on any atom is 0.322 e. The first kappa shape index (κ1) is 17.0. The Morgan fingerprint density at radius 1 is 1.31 bits per heavy atom. The molecule has 1 aliphatic rings. The van der Waals surface area contributed by atoms with Crippen molar-refractivity contribution in [2.45, 2.75) is 25.5 Å². The van der Waals surface area contributed by atoms with Crippen molar-refractivity contribution in [2.75, 3.05) is 18.5 Å². The minimum Gasteiger partial charge on any atom is -0.376 e. The Morgan fingerprint density at radius 2 is 2.27 bits per heavy atom. The van der Waals surface area contributed by atoms with Gasteiger partial charge in [-0.05, 0) is 36.4 Å². The van der Waals surface area contributed by atoms with Crippen LogP contribution in [-0.2, 0) is 11.3 Å². The Balaban J connectivity index is 1.54. The van der Waals surface area contributed by atoms with E-state index >= 15 is 0 Å². The van der Waals surface area contributed by atoms with Gasteiger partial charge in [-0.15, -0.1) is 11.3 Å². The van der Waals surface area contributed by atoms with Gasteiger partial charge in [0.2, 0.25) is 0 Å². The van der Waals surface area contributed by atoms with Crippen LogP contribution in [0, 0.1) is 0 Å². The average molecular weight is 367 g/mol. The zero-order chi connectivity index (χ0) is 17.8. The number of nitrogens with zero attached hydrogens (tertiary/aromatic N) is 2. The van der Waals surface area contributed by atoms with E-state index in [0.29, 0.717) is 13.1 Å². The van der Waals surface area contributed by atoms with Gasteiger partial charge in [0.25, 0.3) is 0 Å². The summed E-state index contributed by atoms with van der Waals surface area (Å²) < 4.78 is 5.75. The Kier molecular flexibility index (Phi) is 5.13. The Hall–Kier alpha value is -2.44. The fourth-order valence-corrected chi connectivity index (χ4v) is 3.99. The van der Waals surface area contributed by atoms with Crippen molar-refractivity contribution in [3.05, 3.63) is 59.0 Å². The average Bonchev–Trinajstić information content (AvgIpc) is 3.35. The molecule has 0 spiro atoms. The first-order valence-corrected chi connectivity index (χ1v) is 9.70. The second-order valence-electron chi connectivity index (χ2n) is 6.43. The number of hydrogen-bond donors (Lipinski definition) is 1. The number of urea groups is 1. The maximum absolute atomic E-state index is 13.0. The first-order chi connectivity index (χ1) is 12.8. The molecule has 2 amide bonds. The van der Waals surface area contributed by atoms with Gasteiger partial charge in [0.05, 0.1) is 18.3 Å². The van der Waals surface area contributed by atoms with Crippen molar-refractivity contribution in [2.24, 2.45) is 0 Å². The van der Waals surface area contributed by atoms with Crippen LogP contribution in [0.1, 0.15) is 17.7 Å². The third-order valence-electron chi connectivity index (χ3n) is 4.58. The van der Waals surface area contributed by atoms with Crippen molar-refractivity contribution in [1.82, 2.24) is 9.88 Å². The molecule has 0 saturated carbocycles. The van der Waals surface area contributed by atoms with Crippen molar-refractivity contribution in [1.29, 1.82) is 0 Å². The highest BCUT2D eigenvalue weighted by Gasteiger charge is 2.23. The molecular weight excluding hydrogens is 346 g/mol. The van der Waals surface area contributed by atoms with Crippen molar-refractivity contribution >= 4 is 33.8 Å². The maximum atomic E-state index is 13.0. The topological polar surface area (TPSA) is 54.5 Å². The smallest absolute Gasteiger partial charge is 0.322 e. The van der Waals surface area contributed by atoms with E-state index in [1.807, 2.05) is 40.6 Å². The van der Waals surface area contributed by atoms with Crippen LogP contribution in [0.2, 0.25) is 0 Å². The SMILES string of the molecule is O=C(Nc1cccc2cnccc12)N(Cc1cccs1)CC1CCCO1. The molecule has 1 unspecified atom stereocenters. The molecule has 6 heteroatoms. The number of hydrogen-bond acceptors (Lipinski definition) is 4. The lowest BCUT2D eigenvalue weighted by Crippen LogP contribution is -2.39. The summed E-state index contributed by atoms with van der Waals surface area (Å²) in [5.41, 5.74) is 0.804. The summed E-state index contributed by atoms with van der Waals surface area (Å²) in [6.07, 6.45) is 5.75. The van der Waals surface area contributed by atoms with Crippen LogP contribution in [0.15, 0.2) is 54.2 Å². The van der Waals surface area contributed by atoms with Crippen molar-refractivity contribution in [3.63, 3.8) is 0 Å². The molecular formula is C20H21N3O2S. The van der Waals surface area contributed by atoms with E-state index in [2.05, 4.69) is 16.4 Å². The predicted octanol–water partition coefficient (Wildman–Crippen LogP) is 4.51. The number of ether oxygens (including phenoxy) is 1. The molecule has 26 heavy (non-hydrogen) atoms. The van der Waals surface area contributed by atoms with E-state index in [0.717, 1.165) is 35.9 Å². The van der Waals surface area contributed by atoms with Crippen molar-refractivity contribution in [3.8, 4) is 0 Å². The third kappa shape index (κ3) is 3.86. The minimum absolute atomic E-state index is 0.0989. The number of nitrogens with one attached hydrogen (secondary N) is 1. The molecule has 4 rings (SSSR count). The molecule has 1 aromatic carbocycles. The standard InChI is InChI=1S/C20H21N3O2S/c24-20(22-19-7-1-4-15-12-21-9-8-18(15)19)23(13-16-5-2-10-25-16)14-17-6-3-11-26-17/h1,3-4,6-9,11-12,16H,2,5,10,13-14H2,(H,22,24). The van der Waals surface area contributed by atoms with Crippen LogP contribution < -0.4 is 5.32 Å². The molecule has 3 heterocycles. The zero-order valence-electron chi connectivity index (χ0n) is 14.4. The van der Waals surface area contributed by atoms with Crippen LogP contribution in [-0.4, -0.2) is 35.2 Å². The van der Waals surface area contributed by atoms with E-state index in [4.69, 9.17) is 4.74 Å². The number of carbonyl (C=O) groups excluding carboxylic acids is 1. The number of pyridine rings is 1. The number of benzene rings is 1. The van der Waals surface area contributed by atoms with E-state index in [-0.39, 0.29) is 12.1 Å². The highest BCUT2D eigenvalue weighted by atomic mass is 32.1. The molecule has 1 fully saturated rings. The van der Waals surface area contributed by atoms with Crippen LogP contribution in [0.4, 0.5) is 10.5 Å². The van der Waals surface area contributed by atoms with Crippen LogP contribution in [0.3, 0.4) is 0 Å². The molecule has 0 radical (unpaired) electrons. The Bertz CT molecular complexity index is 870. The molecule has 1 saturated heterocycles. The molecule has 1 atom stereocenters. The van der Waals surface area contributed by atoms with Crippen LogP contribution >= 0.6 is 11.3 Å². The third-order valence-corrected chi connectivity index (χ3v) is 5.45. The van der Waals surface area contributed by atoms with Crippen LogP contribution in [0.5, 0.6) is 0 Å². The number of fused-ring (bicyclic) bond motifs is 1. The van der Waals surface area contributed by atoms with Gasteiger partial charge < -0.3 is 15.0 Å². The second kappa shape index (κ2) is 7.85.